The summed E-state index contributed by atoms with van der Waals surface area (Å²) in [5, 5.41) is 2.67. The number of hydrogen-bond acceptors (Lipinski definition) is 3. The third-order valence-electron chi connectivity index (χ3n) is 4.89. The number of benzene rings is 2. The van der Waals surface area contributed by atoms with Crippen LogP contribution in [0, 0.1) is 13.8 Å². The van der Waals surface area contributed by atoms with Gasteiger partial charge in [0.1, 0.15) is 11.8 Å². The van der Waals surface area contributed by atoms with Crippen LogP contribution in [0.2, 0.25) is 0 Å². The number of hydrogen-bond donors (Lipinski definition) is 1. The number of carbonyl (C=O) groups excluding carboxylic acids is 2. The molecule has 156 valence electrons. The first-order chi connectivity index (χ1) is 13.9. The molecule has 0 aliphatic heterocycles. The van der Waals surface area contributed by atoms with Crippen LogP contribution in [0.25, 0.3) is 0 Å². The van der Waals surface area contributed by atoms with E-state index in [4.69, 9.17) is 4.74 Å². The molecule has 2 rings (SSSR count). The molecule has 2 amide bonds. The van der Waals surface area contributed by atoms with Gasteiger partial charge in [0.05, 0.1) is 0 Å². The zero-order valence-electron chi connectivity index (χ0n) is 17.5. The number of nitrogens with zero attached hydrogens (tertiary/aromatic N) is 1. The molecular formula is C23H29BrN2O3. The Morgan fingerprint density at radius 1 is 1.14 bits per heavy atom. The molecule has 0 aliphatic carbocycles. The van der Waals surface area contributed by atoms with Crippen LogP contribution in [0.3, 0.4) is 0 Å². The minimum Gasteiger partial charge on any atom is -0.484 e. The SMILES string of the molecule is CC[C@H](C(=O)NC)N(CCc1ccccc1)C(=O)COc1cc(C)c(Br)c(C)c1. The van der Waals surface area contributed by atoms with Crippen molar-refractivity contribution in [2.75, 3.05) is 20.2 Å². The molecule has 1 N–H and O–H groups in total. The Morgan fingerprint density at radius 2 is 1.76 bits per heavy atom. The summed E-state index contributed by atoms with van der Waals surface area (Å²) in [4.78, 5) is 27.0. The van der Waals surface area contributed by atoms with E-state index in [9.17, 15) is 9.59 Å². The second kappa shape index (κ2) is 11.0. The largest absolute Gasteiger partial charge is 0.484 e. The van der Waals surface area contributed by atoms with Crippen LogP contribution in [0.15, 0.2) is 46.9 Å². The van der Waals surface area contributed by atoms with Gasteiger partial charge in [0, 0.05) is 18.1 Å². The molecule has 1 atom stereocenters. The highest BCUT2D eigenvalue weighted by atomic mass is 79.9. The molecule has 5 nitrogen and oxygen atoms in total. The van der Waals surface area contributed by atoms with Crippen molar-refractivity contribution in [3.63, 3.8) is 0 Å². The standard InChI is InChI=1S/C23H29BrN2O3/c1-5-20(23(28)25-4)26(12-11-18-9-7-6-8-10-18)21(27)15-29-19-13-16(2)22(24)17(3)14-19/h6-10,13-14,20H,5,11-12,15H2,1-4H3,(H,25,28)/t20-/m1/s1. The van der Waals surface area contributed by atoms with E-state index >= 15 is 0 Å². The minimum absolute atomic E-state index is 0.108. The van der Waals surface area contributed by atoms with E-state index in [0.29, 0.717) is 25.1 Å². The topological polar surface area (TPSA) is 58.6 Å². The summed E-state index contributed by atoms with van der Waals surface area (Å²) in [5.41, 5.74) is 3.22. The Kier molecular flexibility index (Phi) is 8.70. The van der Waals surface area contributed by atoms with Crippen LogP contribution in [0.4, 0.5) is 0 Å². The second-order valence-corrected chi connectivity index (χ2v) is 7.81. The van der Waals surface area contributed by atoms with Gasteiger partial charge in [-0.2, -0.15) is 0 Å². The number of aryl methyl sites for hydroxylation is 2. The van der Waals surface area contributed by atoms with Gasteiger partial charge in [-0.1, -0.05) is 53.2 Å². The average Bonchev–Trinajstić information content (AvgIpc) is 2.73. The maximum Gasteiger partial charge on any atom is 0.261 e. The summed E-state index contributed by atoms with van der Waals surface area (Å²) in [5.74, 6) is 0.284. The third-order valence-corrected chi connectivity index (χ3v) is 6.14. The number of ether oxygens (including phenoxy) is 1. The van der Waals surface area contributed by atoms with Gasteiger partial charge in [0.25, 0.3) is 5.91 Å². The predicted octanol–water partition coefficient (Wildman–Crippen LogP) is 4.04. The van der Waals surface area contributed by atoms with Crippen molar-refractivity contribution in [3.8, 4) is 5.75 Å². The minimum atomic E-state index is -0.520. The highest BCUT2D eigenvalue weighted by molar-refractivity contribution is 9.10. The molecule has 0 saturated carbocycles. The monoisotopic (exact) mass is 460 g/mol. The Bertz CT molecular complexity index is 816. The molecule has 2 aromatic rings. The predicted molar refractivity (Wildman–Crippen MR) is 119 cm³/mol. The van der Waals surface area contributed by atoms with Gasteiger partial charge in [-0.3, -0.25) is 9.59 Å². The van der Waals surface area contributed by atoms with Crippen LogP contribution in [0.1, 0.15) is 30.0 Å². The van der Waals surface area contributed by atoms with E-state index in [0.717, 1.165) is 21.2 Å². The summed E-state index contributed by atoms with van der Waals surface area (Å²) in [6.07, 6.45) is 1.22. The molecule has 0 fully saturated rings. The molecule has 0 heterocycles. The van der Waals surface area contributed by atoms with Gasteiger partial charge in [-0.25, -0.2) is 0 Å². The molecule has 0 bridgehead atoms. The van der Waals surface area contributed by atoms with Crippen molar-refractivity contribution in [1.29, 1.82) is 0 Å². The first-order valence-electron chi connectivity index (χ1n) is 9.81. The van der Waals surface area contributed by atoms with Crippen LogP contribution < -0.4 is 10.1 Å². The quantitative estimate of drug-likeness (QED) is 0.613. The van der Waals surface area contributed by atoms with Gasteiger partial charge >= 0.3 is 0 Å². The molecule has 0 saturated heterocycles. The molecule has 2 aromatic carbocycles. The highest BCUT2D eigenvalue weighted by Crippen LogP contribution is 2.26. The summed E-state index contributed by atoms with van der Waals surface area (Å²) >= 11 is 3.54. The van der Waals surface area contributed by atoms with Crippen LogP contribution in [-0.2, 0) is 16.0 Å². The van der Waals surface area contributed by atoms with Crippen molar-refractivity contribution in [2.24, 2.45) is 0 Å². The molecule has 0 spiro atoms. The van der Waals surface area contributed by atoms with E-state index < -0.39 is 6.04 Å². The zero-order chi connectivity index (χ0) is 21.4. The molecule has 29 heavy (non-hydrogen) atoms. The zero-order valence-corrected chi connectivity index (χ0v) is 19.1. The Morgan fingerprint density at radius 3 is 2.31 bits per heavy atom. The van der Waals surface area contributed by atoms with Crippen molar-refractivity contribution in [3.05, 3.63) is 63.6 Å². The van der Waals surface area contributed by atoms with Gasteiger partial charge in [-0.15, -0.1) is 0 Å². The summed E-state index contributed by atoms with van der Waals surface area (Å²) in [6.45, 7) is 6.22. The Hall–Kier alpha value is -2.34. The van der Waals surface area contributed by atoms with E-state index in [1.54, 1.807) is 11.9 Å². The van der Waals surface area contributed by atoms with Gasteiger partial charge in [0.2, 0.25) is 5.91 Å². The van der Waals surface area contributed by atoms with Gasteiger partial charge in [0.15, 0.2) is 6.61 Å². The normalized spacial score (nSPS) is 11.6. The lowest BCUT2D eigenvalue weighted by molar-refractivity contribution is -0.142. The number of likely N-dealkylation sites (N-methyl/N-ethyl adjacent to an activating group) is 1. The first kappa shape index (κ1) is 22.9. The number of nitrogens with one attached hydrogen (secondary N) is 1. The lowest BCUT2D eigenvalue weighted by Crippen LogP contribution is -2.50. The number of amides is 2. The second-order valence-electron chi connectivity index (χ2n) is 7.02. The Balaban J connectivity index is 2.13. The van der Waals surface area contributed by atoms with Crippen molar-refractivity contribution < 1.29 is 14.3 Å². The fraction of sp³-hybridized carbons (Fsp3) is 0.391. The van der Waals surface area contributed by atoms with Crippen molar-refractivity contribution in [2.45, 2.75) is 39.7 Å². The summed E-state index contributed by atoms with van der Waals surface area (Å²) < 4.78 is 6.82. The van der Waals surface area contributed by atoms with E-state index in [-0.39, 0.29) is 18.4 Å². The number of rotatable bonds is 9. The molecule has 0 unspecified atom stereocenters. The maximum atomic E-state index is 13.0. The van der Waals surface area contributed by atoms with Crippen LogP contribution in [0.5, 0.6) is 5.75 Å². The molecule has 0 aromatic heterocycles. The lowest BCUT2D eigenvalue weighted by atomic mass is 10.1. The maximum absolute atomic E-state index is 13.0. The number of halogens is 1. The fourth-order valence-corrected chi connectivity index (χ4v) is 3.51. The summed E-state index contributed by atoms with van der Waals surface area (Å²) in [6, 6.07) is 13.2. The lowest BCUT2D eigenvalue weighted by Gasteiger charge is -2.30. The van der Waals surface area contributed by atoms with E-state index in [1.165, 1.54) is 0 Å². The van der Waals surface area contributed by atoms with Crippen molar-refractivity contribution >= 4 is 27.7 Å². The van der Waals surface area contributed by atoms with E-state index in [2.05, 4.69) is 21.2 Å². The third kappa shape index (κ3) is 6.32. The average molecular weight is 461 g/mol. The Labute approximate surface area is 181 Å². The fourth-order valence-electron chi connectivity index (χ4n) is 3.28. The molecule has 0 aliphatic rings. The smallest absolute Gasteiger partial charge is 0.261 e. The van der Waals surface area contributed by atoms with E-state index in [1.807, 2.05) is 63.2 Å². The molecule has 6 heteroatoms. The van der Waals surface area contributed by atoms with Crippen molar-refractivity contribution in [1.82, 2.24) is 10.2 Å². The summed E-state index contributed by atoms with van der Waals surface area (Å²) in [7, 11) is 1.59. The van der Waals surface area contributed by atoms with Gasteiger partial charge in [-0.05, 0) is 55.5 Å². The molecular weight excluding hydrogens is 432 g/mol. The highest BCUT2D eigenvalue weighted by Gasteiger charge is 2.27. The number of carbonyl (C=O) groups is 2. The van der Waals surface area contributed by atoms with Crippen LogP contribution in [-0.4, -0.2) is 43.0 Å². The molecule has 0 radical (unpaired) electrons. The first-order valence-corrected chi connectivity index (χ1v) is 10.6. The van der Waals surface area contributed by atoms with Gasteiger partial charge < -0.3 is 15.0 Å². The van der Waals surface area contributed by atoms with Crippen LogP contribution >= 0.6 is 15.9 Å².